The first-order chi connectivity index (χ1) is 17.8. The summed E-state index contributed by atoms with van der Waals surface area (Å²) in [6.45, 7) is 1.93. The van der Waals surface area contributed by atoms with Crippen LogP contribution in [-0.2, 0) is 27.5 Å². The molecule has 0 radical (unpaired) electrons. The molecule has 8 nitrogen and oxygen atoms in total. The number of aliphatic hydroxyl groups is 1. The molecule has 1 aromatic heterocycles. The standard InChI is InChI=1S/C26H25F3N4O4S/c1-24(15-32-38(36,37)22-9-7-19(13-31-22)26(27,28)29)10-18-6-8-21-25(18,35)20(11-24)23(34)33(21)14-17-4-2-16(12-30)3-5-17/h2-5,7,9,11,13,18,21,32,35H,6,8,10,14-15H2,1H3/t18-,21-,24-,25+/m1/s1. The van der Waals surface area contributed by atoms with Gasteiger partial charge in [0.05, 0.1) is 23.2 Å². The van der Waals surface area contributed by atoms with Crippen molar-refractivity contribution in [1.82, 2.24) is 14.6 Å². The number of carbonyl (C=O) groups excluding carboxylic acids is 1. The normalized spacial score (nSPS) is 28.7. The molecule has 200 valence electrons. The Morgan fingerprint density at radius 2 is 1.92 bits per heavy atom. The Balaban J connectivity index is 1.36. The second-order valence-electron chi connectivity index (χ2n) is 10.5. The molecular weight excluding hydrogens is 521 g/mol. The second kappa shape index (κ2) is 8.90. The lowest BCUT2D eigenvalue weighted by Crippen LogP contribution is -2.49. The lowest BCUT2D eigenvalue weighted by molar-refractivity contribution is -0.137. The Hall–Kier alpha value is -3.27. The average molecular weight is 547 g/mol. The Kier molecular flexibility index (Phi) is 6.17. The molecule has 1 aliphatic heterocycles. The number of benzene rings is 1. The van der Waals surface area contributed by atoms with Gasteiger partial charge in [-0.05, 0) is 55.0 Å². The molecule has 2 aromatic rings. The predicted molar refractivity (Wildman–Crippen MR) is 128 cm³/mol. The molecule has 3 aliphatic rings. The smallest absolute Gasteiger partial charge is 0.383 e. The molecule has 0 spiro atoms. The maximum Gasteiger partial charge on any atom is 0.417 e. The molecule has 4 atom stereocenters. The quantitative estimate of drug-likeness (QED) is 0.574. The highest BCUT2D eigenvalue weighted by atomic mass is 32.2. The molecule has 2 heterocycles. The van der Waals surface area contributed by atoms with Gasteiger partial charge in [0, 0.05) is 30.3 Å². The predicted octanol–water partition coefficient (Wildman–Crippen LogP) is 3.14. The third-order valence-electron chi connectivity index (χ3n) is 7.86. The van der Waals surface area contributed by atoms with E-state index in [1.807, 2.05) is 0 Å². The van der Waals surface area contributed by atoms with Crippen LogP contribution in [0.5, 0.6) is 0 Å². The monoisotopic (exact) mass is 546 g/mol. The average Bonchev–Trinajstić information content (AvgIpc) is 3.30. The number of likely N-dealkylation sites (tertiary alicyclic amines) is 1. The number of sulfonamides is 1. The molecule has 2 aliphatic carbocycles. The number of nitrogens with one attached hydrogen (secondary N) is 1. The van der Waals surface area contributed by atoms with Gasteiger partial charge in [-0.25, -0.2) is 18.1 Å². The minimum Gasteiger partial charge on any atom is -0.383 e. The van der Waals surface area contributed by atoms with Crippen molar-refractivity contribution in [3.63, 3.8) is 0 Å². The fraction of sp³-hybridized carbons (Fsp3) is 0.423. The van der Waals surface area contributed by atoms with Gasteiger partial charge in [-0.2, -0.15) is 18.4 Å². The Labute approximate surface area is 217 Å². The number of aromatic nitrogens is 1. The van der Waals surface area contributed by atoms with Crippen LogP contribution >= 0.6 is 0 Å². The van der Waals surface area contributed by atoms with E-state index in [9.17, 15) is 31.5 Å². The number of nitrogens with zero attached hydrogens (tertiary/aromatic N) is 3. The number of nitriles is 1. The van der Waals surface area contributed by atoms with Crippen LogP contribution in [0.4, 0.5) is 13.2 Å². The summed E-state index contributed by atoms with van der Waals surface area (Å²) in [6.07, 6.45) is -0.855. The number of hydrogen-bond donors (Lipinski definition) is 2. The largest absolute Gasteiger partial charge is 0.417 e. The SMILES string of the molecule is C[C@]1(CNS(=O)(=O)c2ccc(C(F)(F)F)cn2)C=C2C(=O)N(Cc3ccc(C#N)cc3)[C@@H]3CC[C@H](C1)[C@]23O. The third-order valence-corrected chi connectivity index (χ3v) is 9.18. The van der Waals surface area contributed by atoms with E-state index in [0.717, 1.165) is 11.6 Å². The van der Waals surface area contributed by atoms with Crippen LogP contribution in [0.3, 0.4) is 0 Å². The van der Waals surface area contributed by atoms with E-state index in [-0.39, 0.29) is 30.5 Å². The molecule has 2 fully saturated rings. The number of amides is 1. The van der Waals surface area contributed by atoms with Crippen LogP contribution in [0.25, 0.3) is 0 Å². The van der Waals surface area contributed by atoms with E-state index >= 15 is 0 Å². The van der Waals surface area contributed by atoms with Crippen LogP contribution in [0.15, 0.2) is 59.3 Å². The van der Waals surface area contributed by atoms with Gasteiger partial charge in [0.1, 0.15) is 5.60 Å². The first-order valence-electron chi connectivity index (χ1n) is 12.1. The Morgan fingerprint density at radius 1 is 1.21 bits per heavy atom. The summed E-state index contributed by atoms with van der Waals surface area (Å²) in [7, 11) is -4.22. The van der Waals surface area contributed by atoms with E-state index in [1.54, 1.807) is 42.2 Å². The summed E-state index contributed by atoms with van der Waals surface area (Å²) in [5.41, 5.74) is -1.64. The van der Waals surface area contributed by atoms with E-state index in [2.05, 4.69) is 15.8 Å². The van der Waals surface area contributed by atoms with Gasteiger partial charge in [0.2, 0.25) is 0 Å². The van der Waals surface area contributed by atoms with Crippen LogP contribution < -0.4 is 4.72 Å². The minimum atomic E-state index is -4.64. The summed E-state index contributed by atoms with van der Waals surface area (Å²) in [5, 5.41) is 20.2. The number of halogens is 3. The first kappa shape index (κ1) is 26.3. The van der Waals surface area contributed by atoms with Gasteiger partial charge in [-0.3, -0.25) is 4.79 Å². The van der Waals surface area contributed by atoms with Crippen molar-refractivity contribution in [3.8, 4) is 6.07 Å². The van der Waals surface area contributed by atoms with Crippen molar-refractivity contribution in [2.75, 3.05) is 6.54 Å². The van der Waals surface area contributed by atoms with Gasteiger partial charge in [-0.1, -0.05) is 25.1 Å². The van der Waals surface area contributed by atoms with Crippen molar-refractivity contribution in [2.24, 2.45) is 11.3 Å². The number of hydrogen-bond acceptors (Lipinski definition) is 6. The molecule has 1 saturated carbocycles. The number of alkyl halides is 3. The molecule has 1 saturated heterocycles. The molecule has 1 aromatic carbocycles. The molecule has 38 heavy (non-hydrogen) atoms. The molecule has 5 rings (SSSR count). The zero-order valence-corrected chi connectivity index (χ0v) is 21.2. The highest BCUT2D eigenvalue weighted by Gasteiger charge is 2.64. The summed E-state index contributed by atoms with van der Waals surface area (Å²) < 4.78 is 66.4. The summed E-state index contributed by atoms with van der Waals surface area (Å²) >= 11 is 0. The van der Waals surface area contributed by atoms with Crippen molar-refractivity contribution in [2.45, 2.75) is 55.6 Å². The highest BCUT2D eigenvalue weighted by molar-refractivity contribution is 7.89. The van der Waals surface area contributed by atoms with Crippen molar-refractivity contribution >= 4 is 15.9 Å². The molecular formula is C26H25F3N4O4S. The van der Waals surface area contributed by atoms with Crippen molar-refractivity contribution in [3.05, 3.63) is 70.9 Å². The van der Waals surface area contributed by atoms with Crippen LogP contribution in [0.1, 0.15) is 42.9 Å². The van der Waals surface area contributed by atoms with Crippen molar-refractivity contribution < 1.29 is 31.5 Å². The van der Waals surface area contributed by atoms with Gasteiger partial charge >= 0.3 is 6.18 Å². The third kappa shape index (κ3) is 4.38. The van der Waals surface area contributed by atoms with E-state index in [4.69, 9.17) is 5.26 Å². The zero-order valence-electron chi connectivity index (χ0n) is 20.4. The first-order valence-corrected chi connectivity index (χ1v) is 13.5. The fourth-order valence-electron chi connectivity index (χ4n) is 5.96. The van der Waals surface area contributed by atoms with E-state index in [0.29, 0.717) is 37.1 Å². The number of rotatable bonds is 6. The molecule has 2 N–H and O–H groups in total. The van der Waals surface area contributed by atoms with Gasteiger partial charge in [0.25, 0.3) is 15.9 Å². The van der Waals surface area contributed by atoms with Gasteiger partial charge in [0.15, 0.2) is 5.03 Å². The topological polar surface area (TPSA) is 123 Å². The summed E-state index contributed by atoms with van der Waals surface area (Å²) in [6, 6.07) is 9.99. The molecule has 0 bridgehead atoms. The molecule has 0 unspecified atom stereocenters. The van der Waals surface area contributed by atoms with Crippen LogP contribution in [-0.4, -0.2) is 47.5 Å². The van der Waals surface area contributed by atoms with Gasteiger partial charge in [-0.15, -0.1) is 0 Å². The fourth-order valence-corrected chi connectivity index (χ4v) is 7.07. The maximum atomic E-state index is 13.5. The Bertz CT molecular complexity index is 1450. The molecule has 12 heteroatoms. The lowest BCUT2D eigenvalue weighted by atomic mass is 9.66. The number of carbonyl (C=O) groups is 1. The summed E-state index contributed by atoms with van der Waals surface area (Å²) in [5.74, 6) is -0.578. The highest BCUT2D eigenvalue weighted by Crippen LogP contribution is 2.56. The zero-order chi connectivity index (χ0) is 27.5. The minimum absolute atomic E-state index is 0.123. The number of pyridine rings is 1. The van der Waals surface area contributed by atoms with E-state index < -0.39 is 43.8 Å². The molecule has 1 amide bonds. The van der Waals surface area contributed by atoms with Crippen LogP contribution in [0.2, 0.25) is 0 Å². The van der Waals surface area contributed by atoms with Crippen LogP contribution in [0, 0.1) is 22.7 Å². The summed E-state index contributed by atoms with van der Waals surface area (Å²) in [4.78, 5) is 18.6. The van der Waals surface area contributed by atoms with Crippen molar-refractivity contribution in [1.29, 1.82) is 5.26 Å². The second-order valence-corrected chi connectivity index (χ2v) is 12.2. The van der Waals surface area contributed by atoms with Gasteiger partial charge < -0.3 is 10.0 Å². The maximum absolute atomic E-state index is 13.5. The van der Waals surface area contributed by atoms with E-state index in [1.165, 1.54) is 0 Å². The lowest BCUT2D eigenvalue weighted by Gasteiger charge is -2.41. The Morgan fingerprint density at radius 3 is 2.53 bits per heavy atom.